The summed E-state index contributed by atoms with van der Waals surface area (Å²) in [5.74, 6) is -0.0357. The smallest absolute Gasteiger partial charge is 0.387 e. The Kier molecular flexibility index (Phi) is 4.33. The summed E-state index contributed by atoms with van der Waals surface area (Å²) in [5, 5.41) is 6.04. The first-order valence-electron chi connectivity index (χ1n) is 5.02. The van der Waals surface area contributed by atoms with Gasteiger partial charge in [0, 0.05) is 17.3 Å². The number of rotatable bonds is 5. The Bertz CT molecular complexity index is 508. The molecule has 0 atom stereocenters. The molecule has 96 valence electrons. The van der Waals surface area contributed by atoms with Crippen molar-refractivity contribution in [2.24, 2.45) is 0 Å². The second-order valence-electron chi connectivity index (χ2n) is 3.30. The van der Waals surface area contributed by atoms with E-state index in [4.69, 9.17) is 11.6 Å². The van der Waals surface area contributed by atoms with E-state index in [9.17, 15) is 8.78 Å². The molecule has 1 N–H and O–H groups in total. The van der Waals surface area contributed by atoms with Gasteiger partial charge in [-0.15, -0.1) is 11.3 Å². The zero-order valence-electron chi connectivity index (χ0n) is 9.07. The van der Waals surface area contributed by atoms with Crippen LogP contribution in [0.15, 0.2) is 29.8 Å². The zero-order chi connectivity index (χ0) is 13.0. The molecule has 0 amide bonds. The van der Waals surface area contributed by atoms with Gasteiger partial charge in [0.2, 0.25) is 0 Å². The predicted molar refractivity (Wildman–Crippen MR) is 67.5 cm³/mol. The summed E-state index contributed by atoms with van der Waals surface area (Å²) >= 11 is 7.35. The number of alkyl halides is 2. The molecule has 2 rings (SSSR count). The number of hydrogen-bond acceptors (Lipinski definition) is 4. The number of anilines is 1. The van der Waals surface area contributed by atoms with Crippen molar-refractivity contribution in [2.45, 2.75) is 13.2 Å². The van der Waals surface area contributed by atoms with E-state index in [-0.39, 0.29) is 10.8 Å². The first-order chi connectivity index (χ1) is 8.65. The first-order valence-corrected chi connectivity index (χ1v) is 6.27. The maximum Gasteiger partial charge on any atom is 0.387 e. The molecular formula is C11H9ClF2N2OS. The van der Waals surface area contributed by atoms with E-state index < -0.39 is 6.61 Å². The van der Waals surface area contributed by atoms with Crippen molar-refractivity contribution in [3.8, 4) is 5.75 Å². The fourth-order valence-corrected chi connectivity index (χ4v) is 2.10. The Hall–Kier alpha value is -1.40. The maximum absolute atomic E-state index is 12.0. The molecule has 7 heteroatoms. The molecule has 0 saturated heterocycles. The Morgan fingerprint density at radius 3 is 2.89 bits per heavy atom. The van der Waals surface area contributed by atoms with Crippen LogP contribution in [0.3, 0.4) is 0 Å². The van der Waals surface area contributed by atoms with Crippen LogP contribution in [-0.2, 0) is 6.54 Å². The van der Waals surface area contributed by atoms with Gasteiger partial charge in [-0.3, -0.25) is 0 Å². The third-order valence-electron chi connectivity index (χ3n) is 2.08. The van der Waals surface area contributed by atoms with Crippen molar-refractivity contribution in [1.29, 1.82) is 0 Å². The van der Waals surface area contributed by atoms with Crippen LogP contribution in [0.4, 0.5) is 14.5 Å². The van der Waals surface area contributed by atoms with Crippen LogP contribution in [0.1, 0.15) is 5.01 Å². The highest BCUT2D eigenvalue weighted by Gasteiger charge is 2.09. The summed E-state index contributed by atoms with van der Waals surface area (Å²) < 4.78 is 28.3. The second kappa shape index (κ2) is 5.97. The predicted octanol–water partition coefficient (Wildman–Crippen LogP) is 4.01. The summed E-state index contributed by atoms with van der Waals surface area (Å²) in [7, 11) is 0. The molecule has 0 radical (unpaired) electrons. The molecule has 0 aliphatic rings. The molecule has 2 aromatic rings. The van der Waals surface area contributed by atoms with Crippen molar-refractivity contribution in [3.63, 3.8) is 0 Å². The van der Waals surface area contributed by atoms with E-state index in [0.29, 0.717) is 6.54 Å². The minimum atomic E-state index is -2.88. The van der Waals surface area contributed by atoms with Gasteiger partial charge in [-0.05, 0) is 18.2 Å². The van der Waals surface area contributed by atoms with Crippen LogP contribution in [0.2, 0.25) is 5.02 Å². The molecule has 1 aromatic carbocycles. The monoisotopic (exact) mass is 290 g/mol. The fraction of sp³-hybridized carbons (Fsp3) is 0.182. The first kappa shape index (κ1) is 13.0. The van der Waals surface area contributed by atoms with Gasteiger partial charge in [0.05, 0.1) is 11.6 Å². The molecule has 1 heterocycles. The Balaban J connectivity index is 2.00. The van der Waals surface area contributed by atoms with Crippen molar-refractivity contribution < 1.29 is 13.5 Å². The molecule has 0 saturated carbocycles. The number of nitrogens with one attached hydrogen (secondary N) is 1. The van der Waals surface area contributed by atoms with E-state index in [2.05, 4.69) is 15.0 Å². The maximum atomic E-state index is 12.0. The average Bonchev–Trinajstić information content (AvgIpc) is 2.82. The van der Waals surface area contributed by atoms with E-state index in [0.717, 1.165) is 10.7 Å². The molecule has 0 fully saturated rings. The summed E-state index contributed by atoms with van der Waals surface area (Å²) in [6, 6.07) is 4.56. The van der Waals surface area contributed by atoms with Crippen LogP contribution in [0, 0.1) is 0 Å². The number of ether oxygens (including phenoxy) is 1. The highest BCUT2D eigenvalue weighted by molar-refractivity contribution is 7.09. The molecule has 0 aliphatic carbocycles. The molecule has 3 nitrogen and oxygen atoms in total. The van der Waals surface area contributed by atoms with E-state index in [1.54, 1.807) is 12.3 Å². The highest BCUT2D eigenvalue weighted by Crippen LogP contribution is 2.29. The van der Waals surface area contributed by atoms with Gasteiger partial charge < -0.3 is 10.1 Å². The van der Waals surface area contributed by atoms with Gasteiger partial charge in [0.1, 0.15) is 10.8 Å². The lowest BCUT2D eigenvalue weighted by Crippen LogP contribution is -2.03. The molecule has 18 heavy (non-hydrogen) atoms. The molecule has 0 unspecified atom stereocenters. The molecule has 0 bridgehead atoms. The molecule has 0 aliphatic heterocycles. The third kappa shape index (κ3) is 3.54. The van der Waals surface area contributed by atoms with Crippen LogP contribution >= 0.6 is 22.9 Å². The van der Waals surface area contributed by atoms with Gasteiger partial charge >= 0.3 is 6.61 Å². The average molecular weight is 291 g/mol. The van der Waals surface area contributed by atoms with Crippen molar-refractivity contribution >= 4 is 28.6 Å². The van der Waals surface area contributed by atoms with E-state index in [1.807, 2.05) is 5.38 Å². The number of aromatic nitrogens is 1. The van der Waals surface area contributed by atoms with Crippen LogP contribution in [0.5, 0.6) is 5.75 Å². The summed E-state index contributed by atoms with van der Waals surface area (Å²) in [6.45, 7) is -2.32. The van der Waals surface area contributed by atoms with Crippen LogP contribution in [-0.4, -0.2) is 11.6 Å². The van der Waals surface area contributed by atoms with E-state index >= 15 is 0 Å². The van der Waals surface area contributed by atoms with E-state index in [1.165, 1.54) is 23.5 Å². The largest absolute Gasteiger partial charge is 0.433 e. The SMILES string of the molecule is FC(F)Oc1ccc(NCc2nccs2)cc1Cl. The number of nitrogens with zero attached hydrogens (tertiary/aromatic N) is 1. The normalized spacial score (nSPS) is 10.7. The minimum Gasteiger partial charge on any atom is -0.433 e. The lowest BCUT2D eigenvalue weighted by Gasteiger charge is -2.09. The fourth-order valence-electron chi connectivity index (χ4n) is 1.32. The minimum absolute atomic E-state index is 0.0357. The zero-order valence-corrected chi connectivity index (χ0v) is 10.6. The number of thiazole rings is 1. The third-order valence-corrected chi connectivity index (χ3v) is 3.15. The Labute approximate surface area is 111 Å². The van der Waals surface area contributed by atoms with Gasteiger partial charge in [0.15, 0.2) is 0 Å². The summed E-state index contributed by atoms with van der Waals surface area (Å²) in [4.78, 5) is 4.11. The van der Waals surface area contributed by atoms with Gasteiger partial charge in [0.25, 0.3) is 0 Å². The number of halogens is 3. The van der Waals surface area contributed by atoms with Crippen molar-refractivity contribution in [2.75, 3.05) is 5.32 Å². The van der Waals surface area contributed by atoms with Crippen molar-refractivity contribution in [3.05, 3.63) is 39.8 Å². The van der Waals surface area contributed by atoms with Gasteiger partial charge in [-0.1, -0.05) is 11.6 Å². The summed E-state index contributed by atoms with van der Waals surface area (Å²) in [6.07, 6.45) is 1.72. The van der Waals surface area contributed by atoms with Crippen LogP contribution in [0.25, 0.3) is 0 Å². The quantitative estimate of drug-likeness (QED) is 0.903. The molecular weight excluding hydrogens is 282 g/mol. The molecule has 1 aromatic heterocycles. The Morgan fingerprint density at radius 1 is 1.44 bits per heavy atom. The Morgan fingerprint density at radius 2 is 2.28 bits per heavy atom. The van der Waals surface area contributed by atoms with Crippen LogP contribution < -0.4 is 10.1 Å². The van der Waals surface area contributed by atoms with Gasteiger partial charge in [-0.25, -0.2) is 4.98 Å². The van der Waals surface area contributed by atoms with Gasteiger partial charge in [-0.2, -0.15) is 8.78 Å². The lowest BCUT2D eigenvalue weighted by molar-refractivity contribution is -0.0497. The van der Waals surface area contributed by atoms with Crippen molar-refractivity contribution in [1.82, 2.24) is 4.98 Å². The number of benzene rings is 1. The topological polar surface area (TPSA) is 34.1 Å². The lowest BCUT2D eigenvalue weighted by atomic mass is 10.3. The summed E-state index contributed by atoms with van der Waals surface area (Å²) in [5.41, 5.74) is 0.719. The highest BCUT2D eigenvalue weighted by atomic mass is 35.5. The number of hydrogen-bond donors (Lipinski definition) is 1. The second-order valence-corrected chi connectivity index (χ2v) is 4.69. The molecule has 0 spiro atoms. The standard InChI is InChI=1S/C11H9ClF2N2OS/c12-8-5-7(1-2-9(8)17-11(13)14)16-6-10-15-3-4-18-10/h1-5,11,16H,6H2.